The zero-order valence-corrected chi connectivity index (χ0v) is 8.18. The van der Waals surface area contributed by atoms with Crippen molar-refractivity contribution in [3.05, 3.63) is 41.9 Å². The molecule has 0 amide bonds. The summed E-state index contributed by atoms with van der Waals surface area (Å²) in [5.41, 5.74) is 2.59. The molecule has 0 radical (unpaired) electrons. The monoisotopic (exact) mass is 196 g/mol. The standard InChI is InChI=1S/C11H8N4/c1-8-4-5-9(11(7-12)14-8)10-3-2-6-13-15-10/h2-6H,1H3. The average Bonchev–Trinajstić information content (AvgIpc) is 2.30. The Morgan fingerprint density at radius 2 is 2.13 bits per heavy atom. The number of hydrogen-bond donors (Lipinski definition) is 0. The van der Waals surface area contributed by atoms with Gasteiger partial charge in [0.15, 0.2) is 0 Å². The Labute approximate surface area is 87.2 Å². The highest BCUT2D eigenvalue weighted by Crippen LogP contribution is 2.18. The fourth-order valence-electron chi connectivity index (χ4n) is 1.29. The van der Waals surface area contributed by atoms with Gasteiger partial charge in [-0.05, 0) is 31.2 Å². The van der Waals surface area contributed by atoms with Crippen molar-refractivity contribution in [2.75, 3.05) is 0 Å². The lowest BCUT2D eigenvalue weighted by Crippen LogP contribution is -1.93. The van der Waals surface area contributed by atoms with Crippen molar-refractivity contribution in [1.29, 1.82) is 5.26 Å². The molecular weight excluding hydrogens is 188 g/mol. The van der Waals surface area contributed by atoms with E-state index in [-0.39, 0.29) is 0 Å². The largest absolute Gasteiger partial charge is 0.242 e. The van der Waals surface area contributed by atoms with Crippen molar-refractivity contribution in [2.45, 2.75) is 6.92 Å². The van der Waals surface area contributed by atoms with E-state index < -0.39 is 0 Å². The molecule has 0 N–H and O–H groups in total. The van der Waals surface area contributed by atoms with Crippen molar-refractivity contribution < 1.29 is 0 Å². The average molecular weight is 196 g/mol. The summed E-state index contributed by atoms with van der Waals surface area (Å²) in [4.78, 5) is 4.14. The van der Waals surface area contributed by atoms with Gasteiger partial charge in [0.25, 0.3) is 0 Å². The minimum absolute atomic E-state index is 0.385. The fraction of sp³-hybridized carbons (Fsp3) is 0.0909. The zero-order chi connectivity index (χ0) is 10.7. The van der Waals surface area contributed by atoms with Gasteiger partial charge in [-0.2, -0.15) is 15.5 Å². The fourth-order valence-corrected chi connectivity index (χ4v) is 1.29. The second kappa shape index (κ2) is 3.84. The van der Waals surface area contributed by atoms with E-state index in [4.69, 9.17) is 5.26 Å². The maximum absolute atomic E-state index is 8.94. The van der Waals surface area contributed by atoms with Crippen LogP contribution in [0.4, 0.5) is 0 Å². The van der Waals surface area contributed by atoms with Gasteiger partial charge in [-0.3, -0.25) is 0 Å². The molecule has 15 heavy (non-hydrogen) atoms. The molecule has 0 aromatic carbocycles. The molecule has 0 bridgehead atoms. The van der Waals surface area contributed by atoms with Gasteiger partial charge in [0.05, 0.1) is 5.69 Å². The van der Waals surface area contributed by atoms with E-state index in [1.165, 1.54) is 0 Å². The van der Waals surface area contributed by atoms with Crippen LogP contribution < -0.4 is 0 Å². The van der Waals surface area contributed by atoms with Crippen molar-refractivity contribution in [1.82, 2.24) is 15.2 Å². The SMILES string of the molecule is Cc1ccc(-c2cccnn2)c(C#N)n1. The van der Waals surface area contributed by atoms with Crippen LogP contribution in [0.25, 0.3) is 11.3 Å². The predicted molar refractivity (Wildman–Crippen MR) is 54.7 cm³/mol. The molecule has 2 aromatic heterocycles. The first kappa shape index (κ1) is 9.28. The second-order valence-electron chi connectivity index (χ2n) is 3.07. The summed E-state index contributed by atoms with van der Waals surface area (Å²) in [5, 5.41) is 16.7. The molecule has 0 aliphatic carbocycles. The van der Waals surface area contributed by atoms with Crippen molar-refractivity contribution >= 4 is 0 Å². The lowest BCUT2D eigenvalue weighted by Gasteiger charge is -2.01. The van der Waals surface area contributed by atoms with Crippen molar-refractivity contribution in [3.63, 3.8) is 0 Å². The van der Waals surface area contributed by atoms with Crippen LogP contribution >= 0.6 is 0 Å². The predicted octanol–water partition coefficient (Wildman–Crippen LogP) is 1.72. The van der Waals surface area contributed by atoms with Crippen LogP contribution in [0.15, 0.2) is 30.5 Å². The van der Waals surface area contributed by atoms with Gasteiger partial charge in [-0.1, -0.05) is 0 Å². The van der Waals surface area contributed by atoms with Crippen molar-refractivity contribution in [3.8, 4) is 17.3 Å². The molecule has 2 aromatic rings. The van der Waals surface area contributed by atoms with Gasteiger partial charge in [0.1, 0.15) is 11.8 Å². The molecule has 4 heteroatoms. The lowest BCUT2D eigenvalue weighted by atomic mass is 10.1. The molecule has 4 nitrogen and oxygen atoms in total. The van der Waals surface area contributed by atoms with Gasteiger partial charge in [0, 0.05) is 17.5 Å². The number of hydrogen-bond acceptors (Lipinski definition) is 4. The third-order valence-electron chi connectivity index (χ3n) is 1.99. The highest BCUT2D eigenvalue weighted by atomic mass is 15.1. The normalized spacial score (nSPS) is 9.60. The third-order valence-corrected chi connectivity index (χ3v) is 1.99. The summed E-state index contributed by atoms with van der Waals surface area (Å²) in [6.45, 7) is 1.85. The summed E-state index contributed by atoms with van der Waals surface area (Å²) in [5.74, 6) is 0. The van der Waals surface area contributed by atoms with E-state index in [9.17, 15) is 0 Å². The molecule has 72 valence electrons. The summed E-state index contributed by atoms with van der Waals surface area (Å²) in [6.07, 6.45) is 1.59. The first-order chi connectivity index (χ1) is 7.31. The maximum Gasteiger partial charge on any atom is 0.150 e. The van der Waals surface area contributed by atoms with Crippen LogP contribution in [0, 0.1) is 18.3 Å². The molecule has 0 aliphatic heterocycles. The summed E-state index contributed by atoms with van der Waals surface area (Å²) < 4.78 is 0. The first-order valence-electron chi connectivity index (χ1n) is 4.47. The summed E-state index contributed by atoms with van der Waals surface area (Å²) in [6, 6.07) is 9.33. The van der Waals surface area contributed by atoms with Gasteiger partial charge in [0.2, 0.25) is 0 Å². The molecule has 0 fully saturated rings. The minimum Gasteiger partial charge on any atom is -0.242 e. The van der Waals surface area contributed by atoms with Gasteiger partial charge < -0.3 is 0 Å². The Hall–Kier alpha value is -2.28. The van der Waals surface area contributed by atoms with Crippen LogP contribution in [0.5, 0.6) is 0 Å². The smallest absolute Gasteiger partial charge is 0.150 e. The highest BCUT2D eigenvalue weighted by molar-refractivity contribution is 5.64. The Kier molecular flexibility index (Phi) is 2.38. The van der Waals surface area contributed by atoms with Gasteiger partial charge in [-0.25, -0.2) is 4.98 Å². The molecule has 2 heterocycles. The molecule has 0 spiro atoms. The Bertz CT molecular complexity index is 514. The van der Waals surface area contributed by atoms with Crippen LogP contribution in [-0.4, -0.2) is 15.2 Å². The number of aryl methyl sites for hydroxylation is 1. The Morgan fingerprint density at radius 3 is 2.80 bits per heavy atom. The quantitative estimate of drug-likeness (QED) is 0.696. The van der Waals surface area contributed by atoms with Crippen molar-refractivity contribution in [2.24, 2.45) is 0 Å². The Balaban J connectivity index is 2.60. The molecule has 0 saturated heterocycles. The molecule has 2 rings (SSSR count). The minimum atomic E-state index is 0.385. The second-order valence-corrected chi connectivity index (χ2v) is 3.07. The van der Waals surface area contributed by atoms with Crippen LogP contribution in [0.1, 0.15) is 11.4 Å². The van der Waals surface area contributed by atoms with E-state index >= 15 is 0 Å². The van der Waals surface area contributed by atoms with Gasteiger partial charge >= 0.3 is 0 Å². The van der Waals surface area contributed by atoms with E-state index in [1.54, 1.807) is 18.3 Å². The zero-order valence-electron chi connectivity index (χ0n) is 8.18. The maximum atomic E-state index is 8.94. The highest BCUT2D eigenvalue weighted by Gasteiger charge is 2.07. The number of aromatic nitrogens is 3. The topological polar surface area (TPSA) is 62.5 Å². The Morgan fingerprint density at radius 1 is 1.27 bits per heavy atom. The summed E-state index contributed by atoms with van der Waals surface area (Å²) >= 11 is 0. The first-order valence-corrected chi connectivity index (χ1v) is 4.47. The number of rotatable bonds is 1. The van der Waals surface area contributed by atoms with Crippen LogP contribution in [0.2, 0.25) is 0 Å². The molecule has 0 saturated carbocycles. The van der Waals surface area contributed by atoms with Crippen LogP contribution in [-0.2, 0) is 0 Å². The molecular formula is C11H8N4. The number of pyridine rings is 1. The van der Waals surface area contributed by atoms with E-state index in [1.807, 2.05) is 19.1 Å². The molecule has 0 atom stereocenters. The third kappa shape index (κ3) is 1.81. The summed E-state index contributed by atoms with van der Waals surface area (Å²) in [7, 11) is 0. The number of nitrogens with zero attached hydrogens (tertiary/aromatic N) is 4. The van der Waals surface area contributed by atoms with E-state index in [0.29, 0.717) is 11.4 Å². The van der Waals surface area contributed by atoms with Crippen LogP contribution in [0.3, 0.4) is 0 Å². The number of nitriles is 1. The molecule has 0 unspecified atom stereocenters. The van der Waals surface area contributed by atoms with E-state index in [0.717, 1.165) is 11.3 Å². The van der Waals surface area contributed by atoms with Gasteiger partial charge in [-0.15, -0.1) is 0 Å². The molecule has 0 aliphatic rings. The van der Waals surface area contributed by atoms with E-state index in [2.05, 4.69) is 21.3 Å². The lowest BCUT2D eigenvalue weighted by molar-refractivity contribution is 1.03.